The molecule has 1 fully saturated rings. The lowest BCUT2D eigenvalue weighted by atomic mass is 10.1. The van der Waals surface area contributed by atoms with Gasteiger partial charge in [-0.15, -0.1) is 0 Å². The molecule has 0 spiro atoms. The van der Waals surface area contributed by atoms with E-state index in [0.717, 1.165) is 11.4 Å². The Bertz CT molecular complexity index is 1190. The van der Waals surface area contributed by atoms with Crippen LogP contribution in [0.3, 0.4) is 0 Å². The van der Waals surface area contributed by atoms with Gasteiger partial charge in [0.1, 0.15) is 11.3 Å². The fourth-order valence-corrected chi connectivity index (χ4v) is 3.33. The average Bonchev–Trinajstić information content (AvgIpc) is 3.33. The van der Waals surface area contributed by atoms with Crippen molar-refractivity contribution in [2.24, 2.45) is 0 Å². The lowest BCUT2D eigenvalue weighted by Crippen LogP contribution is -2.22. The average molecular weight is 390 g/mol. The number of oxazole rings is 1. The summed E-state index contributed by atoms with van der Waals surface area (Å²) in [5, 5.41) is 10.1. The molecule has 6 nitrogen and oxygen atoms in total. The van der Waals surface area contributed by atoms with Crippen molar-refractivity contribution in [1.29, 1.82) is 0 Å². The number of nitrogens with zero attached hydrogens (tertiary/aromatic N) is 2. The van der Waals surface area contributed by atoms with E-state index in [2.05, 4.69) is 20.5 Å². The van der Waals surface area contributed by atoms with E-state index in [1.165, 1.54) is 18.9 Å². The van der Waals surface area contributed by atoms with Crippen LogP contribution in [-0.4, -0.2) is 21.1 Å². The van der Waals surface area contributed by atoms with Crippen LogP contribution in [0.4, 0.5) is 4.39 Å². The van der Waals surface area contributed by atoms with Crippen molar-refractivity contribution >= 4 is 17.0 Å². The van der Waals surface area contributed by atoms with Crippen molar-refractivity contribution < 1.29 is 13.6 Å². The summed E-state index contributed by atoms with van der Waals surface area (Å²) in [5.41, 5.74) is 4.08. The number of nitrogens with one attached hydrogen (secondary N) is 2. The molecule has 1 saturated carbocycles. The van der Waals surface area contributed by atoms with Gasteiger partial charge in [-0.3, -0.25) is 9.89 Å². The molecule has 1 amide bonds. The molecular formula is C22H19FN4O2. The van der Waals surface area contributed by atoms with E-state index in [-0.39, 0.29) is 18.1 Å². The standard InChI is InChI=1S/C22H19FN4O2/c23-17-4-2-1-3-14(17)10-21-25-18-8-7-15(9-20(18)29-21)22(28)24-12-16-11-19(27-26-16)13-5-6-13/h1-4,7-9,11,13H,5-6,10,12H2,(H,24,28)(H,26,27). The largest absolute Gasteiger partial charge is 0.440 e. The van der Waals surface area contributed by atoms with Crippen molar-refractivity contribution in [2.75, 3.05) is 0 Å². The van der Waals surface area contributed by atoms with E-state index in [4.69, 9.17) is 4.42 Å². The lowest BCUT2D eigenvalue weighted by molar-refractivity contribution is 0.0950. The summed E-state index contributed by atoms with van der Waals surface area (Å²) in [7, 11) is 0. The number of amides is 1. The molecule has 2 aromatic heterocycles. The normalized spacial score (nSPS) is 13.7. The van der Waals surface area contributed by atoms with Crippen LogP contribution in [0.2, 0.25) is 0 Å². The quantitative estimate of drug-likeness (QED) is 0.519. The zero-order chi connectivity index (χ0) is 19.8. The Balaban J connectivity index is 1.28. The highest BCUT2D eigenvalue weighted by molar-refractivity contribution is 5.96. The molecule has 2 aromatic carbocycles. The molecule has 0 radical (unpaired) electrons. The number of carbonyl (C=O) groups is 1. The van der Waals surface area contributed by atoms with Gasteiger partial charge in [0.15, 0.2) is 11.5 Å². The molecule has 0 atom stereocenters. The lowest BCUT2D eigenvalue weighted by Gasteiger charge is -2.03. The number of aromatic amines is 1. The zero-order valence-electron chi connectivity index (χ0n) is 15.6. The first-order valence-corrected chi connectivity index (χ1v) is 9.61. The van der Waals surface area contributed by atoms with Gasteiger partial charge < -0.3 is 9.73 Å². The fourth-order valence-electron chi connectivity index (χ4n) is 3.33. The monoisotopic (exact) mass is 390 g/mol. The smallest absolute Gasteiger partial charge is 0.251 e. The molecule has 0 saturated heterocycles. The van der Waals surface area contributed by atoms with Gasteiger partial charge in [-0.2, -0.15) is 5.10 Å². The third-order valence-electron chi connectivity index (χ3n) is 5.08. The summed E-state index contributed by atoms with van der Waals surface area (Å²) in [6, 6.07) is 13.6. The van der Waals surface area contributed by atoms with Gasteiger partial charge in [-0.25, -0.2) is 9.37 Å². The predicted molar refractivity (Wildman–Crippen MR) is 105 cm³/mol. The SMILES string of the molecule is O=C(NCc1cc(C2CC2)n[nH]1)c1ccc2nc(Cc3ccccc3F)oc2c1. The molecule has 0 unspecified atom stereocenters. The molecule has 4 aromatic rings. The summed E-state index contributed by atoms with van der Waals surface area (Å²) in [5.74, 6) is 0.482. The number of H-pyrrole nitrogens is 1. The van der Waals surface area contributed by atoms with Crippen LogP contribution in [0.5, 0.6) is 0 Å². The van der Waals surface area contributed by atoms with Crippen LogP contribution in [0, 0.1) is 5.82 Å². The summed E-state index contributed by atoms with van der Waals surface area (Å²) in [4.78, 5) is 16.9. The highest BCUT2D eigenvalue weighted by atomic mass is 19.1. The van der Waals surface area contributed by atoms with Gasteiger partial charge in [0.05, 0.1) is 24.4 Å². The number of hydrogen-bond donors (Lipinski definition) is 2. The summed E-state index contributed by atoms with van der Waals surface area (Å²) >= 11 is 0. The molecule has 1 aliphatic carbocycles. The van der Waals surface area contributed by atoms with E-state index in [1.54, 1.807) is 36.4 Å². The second kappa shape index (κ2) is 7.16. The third kappa shape index (κ3) is 3.76. The molecule has 0 aliphatic heterocycles. The Morgan fingerprint density at radius 3 is 2.90 bits per heavy atom. The topological polar surface area (TPSA) is 83.8 Å². The molecule has 1 aliphatic rings. The van der Waals surface area contributed by atoms with Crippen LogP contribution in [-0.2, 0) is 13.0 Å². The van der Waals surface area contributed by atoms with Gasteiger partial charge in [0.2, 0.25) is 0 Å². The number of carbonyl (C=O) groups excluding carboxylic acids is 1. The van der Waals surface area contributed by atoms with Crippen LogP contribution < -0.4 is 5.32 Å². The molecule has 2 heterocycles. The predicted octanol–water partition coefficient (Wildman–Crippen LogP) is 4.09. The first kappa shape index (κ1) is 17.6. The fraction of sp³-hybridized carbons (Fsp3) is 0.227. The second-order valence-corrected chi connectivity index (χ2v) is 7.33. The molecule has 2 N–H and O–H groups in total. The van der Waals surface area contributed by atoms with Crippen molar-refractivity contribution in [2.45, 2.75) is 31.7 Å². The third-order valence-corrected chi connectivity index (χ3v) is 5.08. The Labute approximate surface area is 166 Å². The zero-order valence-corrected chi connectivity index (χ0v) is 15.6. The van der Waals surface area contributed by atoms with Crippen LogP contribution >= 0.6 is 0 Å². The van der Waals surface area contributed by atoms with Crippen molar-refractivity contribution in [3.63, 3.8) is 0 Å². The van der Waals surface area contributed by atoms with E-state index < -0.39 is 0 Å². The summed E-state index contributed by atoms with van der Waals surface area (Å²) in [6.45, 7) is 0.380. The minimum atomic E-state index is -0.293. The van der Waals surface area contributed by atoms with Crippen molar-refractivity contribution in [3.05, 3.63) is 82.8 Å². The van der Waals surface area contributed by atoms with E-state index >= 15 is 0 Å². The van der Waals surface area contributed by atoms with Crippen LogP contribution in [0.1, 0.15) is 52.0 Å². The van der Waals surface area contributed by atoms with Crippen LogP contribution in [0.25, 0.3) is 11.1 Å². The van der Waals surface area contributed by atoms with Gasteiger partial charge in [0, 0.05) is 11.5 Å². The number of benzene rings is 2. The first-order chi connectivity index (χ1) is 14.2. The van der Waals surface area contributed by atoms with Crippen molar-refractivity contribution in [1.82, 2.24) is 20.5 Å². The maximum atomic E-state index is 13.8. The molecule has 146 valence electrons. The highest BCUT2D eigenvalue weighted by Crippen LogP contribution is 2.38. The van der Waals surface area contributed by atoms with Gasteiger partial charge >= 0.3 is 0 Å². The highest BCUT2D eigenvalue weighted by Gasteiger charge is 2.26. The Morgan fingerprint density at radius 1 is 1.21 bits per heavy atom. The van der Waals surface area contributed by atoms with Gasteiger partial charge in [-0.1, -0.05) is 18.2 Å². The number of rotatable bonds is 6. The molecule has 7 heteroatoms. The van der Waals surface area contributed by atoms with E-state index in [9.17, 15) is 9.18 Å². The Hall–Kier alpha value is -3.48. The van der Waals surface area contributed by atoms with E-state index in [1.807, 2.05) is 6.07 Å². The summed E-state index contributed by atoms with van der Waals surface area (Å²) in [6.07, 6.45) is 2.63. The van der Waals surface area contributed by atoms with Gasteiger partial charge in [-0.05, 0) is 48.7 Å². The molecule has 5 rings (SSSR count). The number of hydrogen-bond acceptors (Lipinski definition) is 4. The van der Waals surface area contributed by atoms with Gasteiger partial charge in [0.25, 0.3) is 5.91 Å². The molecule has 0 bridgehead atoms. The minimum Gasteiger partial charge on any atom is -0.440 e. The first-order valence-electron chi connectivity index (χ1n) is 9.61. The Kier molecular flexibility index (Phi) is 4.35. The maximum absolute atomic E-state index is 13.8. The minimum absolute atomic E-state index is 0.207. The number of fused-ring (bicyclic) bond motifs is 1. The van der Waals surface area contributed by atoms with Crippen molar-refractivity contribution in [3.8, 4) is 0 Å². The Morgan fingerprint density at radius 2 is 2.07 bits per heavy atom. The number of halogens is 1. The molecular weight excluding hydrogens is 371 g/mol. The maximum Gasteiger partial charge on any atom is 0.251 e. The summed E-state index contributed by atoms with van der Waals surface area (Å²) < 4.78 is 19.6. The number of aromatic nitrogens is 3. The second-order valence-electron chi connectivity index (χ2n) is 7.33. The van der Waals surface area contributed by atoms with E-state index in [0.29, 0.717) is 40.6 Å². The molecule has 29 heavy (non-hydrogen) atoms. The van der Waals surface area contributed by atoms with Crippen LogP contribution in [0.15, 0.2) is 52.9 Å².